The highest BCUT2D eigenvalue weighted by Gasteiger charge is 2.27. The first-order valence-corrected chi connectivity index (χ1v) is 7.32. The normalized spacial score (nSPS) is 18.9. The van der Waals surface area contributed by atoms with Crippen LogP contribution in [0.2, 0.25) is 0 Å². The standard InChI is InChI=1S/C16H24N4O/c1-16(12-17,18-2)13-19-8-10-20(11-9-19)14-6-4-5-7-15(14)21-3/h4-7,18H,8-11,13H2,1-3H3. The molecule has 5 heteroatoms. The lowest BCUT2D eigenvalue weighted by molar-refractivity contribution is 0.213. The van der Waals surface area contributed by atoms with Crippen molar-refractivity contribution in [3.05, 3.63) is 24.3 Å². The van der Waals surface area contributed by atoms with Crippen LogP contribution in [0.15, 0.2) is 24.3 Å². The van der Waals surface area contributed by atoms with Gasteiger partial charge in [-0.05, 0) is 26.1 Å². The quantitative estimate of drug-likeness (QED) is 0.885. The lowest BCUT2D eigenvalue weighted by atomic mass is 10.0. The summed E-state index contributed by atoms with van der Waals surface area (Å²) in [5.41, 5.74) is 0.670. The van der Waals surface area contributed by atoms with Crippen molar-refractivity contribution in [2.45, 2.75) is 12.5 Å². The molecule has 1 saturated heterocycles. The van der Waals surface area contributed by atoms with Gasteiger partial charge in [-0.15, -0.1) is 0 Å². The number of rotatable bonds is 5. The minimum Gasteiger partial charge on any atom is -0.495 e. The molecule has 21 heavy (non-hydrogen) atoms. The smallest absolute Gasteiger partial charge is 0.142 e. The van der Waals surface area contributed by atoms with E-state index in [-0.39, 0.29) is 0 Å². The highest BCUT2D eigenvalue weighted by molar-refractivity contribution is 5.58. The van der Waals surface area contributed by atoms with Gasteiger partial charge in [0, 0.05) is 32.7 Å². The number of anilines is 1. The molecule has 1 atom stereocenters. The molecular formula is C16H24N4O. The summed E-state index contributed by atoms with van der Waals surface area (Å²) in [6.45, 7) is 6.50. The Morgan fingerprint density at radius 3 is 2.52 bits per heavy atom. The fourth-order valence-electron chi connectivity index (χ4n) is 2.66. The summed E-state index contributed by atoms with van der Waals surface area (Å²) >= 11 is 0. The van der Waals surface area contributed by atoms with E-state index in [4.69, 9.17) is 4.74 Å². The Balaban J connectivity index is 1.96. The lowest BCUT2D eigenvalue weighted by Crippen LogP contribution is -2.54. The van der Waals surface area contributed by atoms with Crippen molar-refractivity contribution >= 4 is 5.69 Å². The molecule has 1 fully saturated rings. The van der Waals surface area contributed by atoms with Crippen LogP contribution in [0.5, 0.6) is 5.75 Å². The van der Waals surface area contributed by atoms with Crippen LogP contribution in [-0.2, 0) is 0 Å². The number of hydrogen-bond acceptors (Lipinski definition) is 5. The number of methoxy groups -OCH3 is 1. The van der Waals surface area contributed by atoms with Crippen LogP contribution >= 0.6 is 0 Å². The topological polar surface area (TPSA) is 51.5 Å². The molecule has 0 radical (unpaired) electrons. The monoisotopic (exact) mass is 288 g/mol. The number of nitriles is 1. The van der Waals surface area contributed by atoms with Crippen LogP contribution in [0.4, 0.5) is 5.69 Å². The van der Waals surface area contributed by atoms with Crippen molar-refractivity contribution in [1.29, 1.82) is 5.26 Å². The summed E-state index contributed by atoms with van der Waals surface area (Å²) in [6, 6.07) is 10.5. The molecule has 5 nitrogen and oxygen atoms in total. The third-order valence-corrected chi connectivity index (χ3v) is 4.14. The molecule has 1 aromatic carbocycles. The van der Waals surface area contributed by atoms with Gasteiger partial charge in [0.15, 0.2) is 0 Å². The Morgan fingerprint density at radius 1 is 1.29 bits per heavy atom. The van der Waals surface area contributed by atoms with Crippen LogP contribution in [0.3, 0.4) is 0 Å². The molecule has 2 rings (SSSR count). The maximum atomic E-state index is 9.25. The number of nitrogens with one attached hydrogen (secondary N) is 1. The molecule has 0 aromatic heterocycles. The molecule has 0 bridgehead atoms. The van der Waals surface area contributed by atoms with E-state index >= 15 is 0 Å². The molecule has 1 heterocycles. The summed E-state index contributed by atoms with van der Waals surface area (Å²) in [7, 11) is 3.55. The average molecular weight is 288 g/mol. The van der Waals surface area contributed by atoms with E-state index in [0.29, 0.717) is 0 Å². The molecule has 1 aliphatic heterocycles. The van der Waals surface area contributed by atoms with Crippen molar-refractivity contribution in [3.63, 3.8) is 0 Å². The van der Waals surface area contributed by atoms with E-state index < -0.39 is 5.54 Å². The van der Waals surface area contributed by atoms with Crippen LogP contribution in [0, 0.1) is 11.3 Å². The van der Waals surface area contributed by atoms with E-state index in [1.165, 1.54) is 0 Å². The fourth-order valence-corrected chi connectivity index (χ4v) is 2.66. The first kappa shape index (κ1) is 15.6. The number of hydrogen-bond donors (Lipinski definition) is 1. The lowest BCUT2D eigenvalue weighted by Gasteiger charge is -2.39. The van der Waals surface area contributed by atoms with Gasteiger partial charge >= 0.3 is 0 Å². The van der Waals surface area contributed by atoms with Crippen molar-refractivity contribution in [1.82, 2.24) is 10.2 Å². The number of para-hydroxylation sites is 2. The minimum atomic E-state index is -0.480. The molecule has 0 aliphatic carbocycles. The van der Waals surface area contributed by atoms with Gasteiger partial charge < -0.3 is 15.0 Å². The zero-order valence-electron chi connectivity index (χ0n) is 13.1. The Kier molecular flexibility index (Phi) is 5.05. The minimum absolute atomic E-state index is 0.480. The summed E-state index contributed by atoms with van der Waals surface area (Å²) in [4.78, 5) is 4.68. The molecule has 0 saturated carbocycles. The van der Waals surface area contributed by atoms with E-state index in [1.807, 2.05) is 32.2 Å². The zero-order chi connectivity index (χ0) is 15.3. The summed E-state index contributed by atoms with van der Waals surface area (Å²) in [5.74, 6) is 0.919. The highest BCUT2D eigenvalue weighted by atomic mass is 16.5. The molecule has 1 aromatic rings. The Hall–Kier alpha value is -1.77. The maximum absolute atomic E-state index is 9.25. The van der Waals surface area contributed by atoms with Crippen molar-refractivity contribution in [3.8, 4) is 11.8 Å². The van der Waals surface area contributed by atoms with Crippen molar-refractivity contribution in [2.75, 3.05) is 51.8 Å². The van der Waals surface area contributed by atoms with Crippen molar-refractivity contribution < 1.29 is 4.74 Å². The van der Waals surface area contributed by atoms with Crippen LogP contribution < -0.4 is 15.0 Å². The molecule has 1 N–H and O–H groups in total. The second-order valence-corrected chi connectivity index (χ2v) is 5.63. The van der Waals surface area contributed by atoms with E-state index in [1.54, 1.807) is 7.11 Å². The van der Waals surface area contributed by atoms with Crippen LogP contribution in [0.1, 0.15) is 6.92 Å². The molecule has 0 amide bonds. The van der Waals surface area contributed by atoms with E-state index in [9.17, 15) is 5.26 Å². The largest absolute Gasteiger partial charge is 0.495 e. The Bertz CT molecular complexity index is 505. The molecule has 1 unspecified atom stereocenters. The van der Waals surface area contributed by atoms with Gasteiger partial charge in [0.05, 0.1) is 18.9 Å². The van der Waals surface area contributed by atoms with Gasteiger partial charge in [0.2, 0.25) is 0 Å². The Labute approximate surface area is 127 Å². The number of likely N-dealkylation sites (N-methyl/N-ethyl adjacent to an activating group) is 1. The van der Waals surface area contributed by atoms with Crippen molar-refractivity contribution in [2.24, 2.45) is 0 Å². The van der Waals surface area contributed by atoms with Gasteiger partial charge in [0.25, 0.3) is 0 Å². The first-order valence-electron chi connectivity index (χ1n) is 7.32. The molecule has 114 valence electrons. The second kappa shape index (κ2) is 6.79. The van der Waals surface area contributed by atoms with Gasteiger partial charge in [-0.1, -0.05) is 12.1 Å². The Morgan fingerprint density at radius 2 is 1.95 bits per heavy atom. The van der Waals surface area contributed by atoms with Crippen LogP contribution in [0.25, 0.3) is 0 Å². The van der Waals surface area contributed by atoms with Gasteiger partial charge in [-0.2, -0.15) is 5.26 Å². The predicted molar refractivity (Wildman–Crippen MR) is 84.7 cm³/mol. The van der Waals surface area contributed by atoms with E-state index in [0.717, 1.165) is 44.2 Å². The van der Waals surface area contributed by atoms with Crippen LogP contribution in [-0.4, -0.2) is 57.3 Å². The molecule has 0 spiro atoms. The molecular weight excluding hydrogens is 264 g/mol. The van der Waals surface area contributed by atoms with Gasteiger partial charge in [0.1, 0.15) is 11.3 Å². The number of ether oxygens (including phenoxy) is 1. The van der Waals surface area contributed by atoms with E-state index in [2.05, 4.69) is 27.3 Å². The predicted octanol–water partition coefficient (Wildman–Crippen LogP) is 1.32. The summed E-state index contributed by atoms with van der Waals surface area (Å²) in [6.07, 6.45) is 0. The average Bonchev–Trinajstić information content (AvgIpc) is 2.55. The second-order valence-electron chi connectivity index (χ2n) is 5.63. The third-order valence-electron chi connectivity index (χ3n) is 4.14. The number of benzene rings is 1. The SMILES string of the molecule is CNC(C)(C#N)CN1CCN(c2ccccc2OC)CC1. The number of piperazine rings is 1. The fraction of sp³-hybridized carbons (Fsp3) is 0.562. The maximum Gasteiger partial charge on any atom is 0.142 e. The summed E-state index contributed by atoms with van der Waals surface area (Å²) in [5, 5.41) is 12.3. The van der Waals surface area contributed by atoms with Gasteiger partial charge in [-0.25, -0.2) is 0 Å². The molecule has 1 aliphatic rings. The first-order chi connectivity index (χ1) is 10.1. The van der Waals surface area contributed by atoms with Gasteiger partial charge in [-0.3, -0.25) is 4.90 Å². The summed E-state index contributed by atoms with van der Waals surface area (Å²) < 4.78 is 5.43. The zero-order valence-corrected chi connectivity index (χ0v) is 13.1. The highest BCUT2D eigenvalue weighted by Crippen LogP contribution is 2.28. The number of nitrogens with zero attached hydrogens (tertiary/aromatic N) is 3. The third kappa shape index (κ3) is 3.66.